The quantitative estimate of drug-likeness (QED) is 0.554. The second kappa shape index (κ2) is 7.96. The summed E-state index contributed by atoms with van der Waals surface area (Å²) in [5, 5.41) is 7.68. The van der Waals surface area contributed by atoms with Gasteiger partial charge in [-0.25, -0.2) is 19.0 Å². The number of benzene rings is 1. The van der Waals surface area contributed by atoms with Crippen LogP contribution in [0.5, 0.6) is 0 Å². The smallest absolute Gasteiger partial charge is 0.223 e. The molecule has 0 aliphatic heterocycles. The molecule has 0 spiro atoms. The van der Waals surface area contributed by atoms with Crippen LogP contribution in [0.4, 0.5) is 10.3 Å². The minimum absolute atomic E-state index is 0.166. The summed E-state index contributed by atoms with van der Waals surface area (Å²) >= 11 is 0. The second-order valence-corrected chi connectivity index (χ2v) is 6.52. The van der Waals surface area contributed by atoms with E-state index >= 15 is 0 Å². The van der Waals surface area contributed by atoms with Crippen LogP contribution in [0.15, 0.2) is 73.4 Å². The molecule has 0 aliphatic rings. The number of aromatic nitrogens is 5. The summed E-state index contributed by atoms with van der Waals surface area (Å²) in [6.07, 6.45) is 9.74. The van der Waals surface area contributed by atoms with Gasteiger partial charge in [0.2, 0.25) is 5.95 Å². The number of rotatable bonds is 6. The molecule has 4 rings (SSSR count). The monoisotopic (exact) mass is 374 g/mol. The van der Waals surface area contributed by atoms with E-state index < -0.39 is 0 Å². The molecule has 0 aliphatic carbocycles. The third-order valence-corrected chi connectivity index (χ3v) is 4.29. The van der Waals surface area contributed by atoms with Gasteiger partial charge >= 0.3 is 0 Å². The Morgan fingerprint density at radius 1 is 1.04 bits per heavy atom. The third-order valence-electron chi connectivity index (χ3n) is 4.29. The van der Waals surface area contributed by atoms with E-state index in [9.17, 15) is 4.39 Å². The molecule has 3 aromatic heterocycles. The van der Waals surface area contributed by atoms with Crippen molar-refractivity contribution >= 4 is 5.95 Å². The molecule has 28 heavy (non-hydrogen) atoms. The molecule has 0 fully saturated rings. The van der Waals surface area contributed by atoms with Gasteiger partial charge in [-0.1, -0.05) is 0 Å². The SMILES string of the molecule is C[C@@H](Cc1ccncc1)Nc1nccc(-c2cnn(-c3ccc(F)cc3)c2)n1. The van der Waals surface area contributed by atoms with Gasteiger partial charge in [-0.3, -0.25) is 4.98 Å². The Hall–Kier alpha value is -3.61. The predicted molar refractivity (Wildman–Crippen MR) is 106 cm³/mol. The van der Waals surface area contributed by atoms with E-state index in [0.29, 0.717) is 5.95 Å². The predicted octanol–water partition coefficient (Wildman–Crippen LogP) is 3.91. The molecule has 0 saturated carbocycles. The molecule has 3 heterocycles. The van der Waals surface area contributed by atoms with Crippen LogP contribution in [0.1, 0.15) is 12.5 Å². The van der Waals surface area contributed by atoms with Crippen molar-refractivity contribution in [3.05, 3.63) is 84.8 Å². The lowest BCUT2D eigenvalue weighted by molar-refractivity contribution is 0.627. The van der Waals surface area contributed by atoms with Gasteiger partial charge in [-0.2, -0.15) is 5.10 Å². The van der Waals surface area contributed by atoms with Gasteiger partial charge in [0.05, 0.1) is 17.6 Å². The molecule has 4 aromatic rings. The average Bonchev–Trinajstić information content (AvgIpc) is 3.20. The Morgan fingerprint density at radius 3 is 2.61 bits per heavy atom. The topological polar surface area (TPSA) is 68.5 Å². The van der Waals surface area contributed by atoms with Gasteiger partial charge in [-0.05, 0) is 61.4 Å². The maximum Gasteiger partial charge on any atom is 0.223 e. The van der Waals surface area contributed by atoms with E-state index in [4.69, 9.17) is 0 Å². The minimum atomic E-state index is -0.275. The molecule has 0 unspecified atom stereocenters. The summed E-state index contributed by atoms with van der Waals surface area (Å²) in [5.41, 5.74) is 3.61. The van der Waals surface area contributed by atoms with Crippen LogP contribution in [0.3, 0.4) is 0 Å². The largest absolute Gasteiger partial charge is 0.351 e. The molecule has 0 bridgehead atoms. The molecule has 0 radical (unpaired) electrons. The number of pyridine rings is 1. The summed E-state index contributed by atoms with van der Waals surface area (Å²) in [5.74, 6) is 0.289. The summed E-state index contributed by atoms with van der Waals surface area (Å²) < 4.78 is 14.8. The molecular weight excluding hydrogens is 355 g/mol. The van der Waals surface area contributed by atoms with Crippen LogP contribution in [-0.4, -0.2) is 30.8 Å². The number of halogens is 1. The van der Waals surface area contributed by atoms with Crippen LogP contribution in [0.25, 0.3) is 16.9 Å². The maximum absolute atomic E-state index is 13.1. The first-order chi connectivity index (χ1) is 13.7. The first-order valence-electron chi connectivity index (χ1n) is 8.97. The van der Waals surface area contributed by atoms with Crippen molar-refractivity contribution in [2.45, 2.75) is 19.4 Å². The molecule has 140 valence electrons. The summed E-state index contributed by atoms with van der Waals surface area (Å²) in [4.78, 5) is 13.0. The fourth-order valence-corrected chi connectivity index (χ4v) is 2.92. The van der Waals surface area contributed by atoms with E-state index in [-0.39, 0.29) is 11.9 Å². The van der Waals surface area contributed by atoms with Crippen LogP contribution in [0.2, 0.25) is 0 Å². The van der Waals surface area contributed by atoms with Gasteiger partial charge in [0.25, 0.3) is 0 Å². The number of hydrogen-bond acceptors (Lipinski definition) is 5. The average molecular weight is 374 g/mol. The fraction of sp³-hybridized carbons (Fsp3) is 0.143. The molecule has 0 amide bonds. The zero-order valence-corrected chi connectivity index (χ0v) is 15.3. The minimum Gasteiger partial charge on any atom is -0.351 e. The lowest BCUT2D eigenvalue weighted by atomic mass is 10.1. The number of anilines is 1. The van der Waals surface area contributed by atoms with Gasteiger partial charge in [-0.15, -0.1) is 0 Å². The van der Waals surface area contributed by atoms with Crippen molar-refractivity contribution in [2.75, 3.05) is 5.32 Å². The van der Waals surface area contributed by atoms with Crippen molar-refractivity contribution in [1.29, 1.82) is 0 Å². The van der Waals surface area contributed by atoms with Crippen LogP contribution >= 0.6 is 0 Å². The fourth-order valence-electron chi connectivity index (χ4n) is 2.92. The lowest BCUT2D eigenvalue weighted by Gasteiger charge is -2.14. The maximum atomic E-state index is 13.1. The van der Waals surface area contributed by atoms with Crippen molar-refractivity contribution < 1.29 is 4.39 Å². The highest BCUT2D eigenvalue weighted by atomic mass is 19.1. The molecular formula is C21H19FN6. The third kappa shape index (κ3) is 4.20. The Labute approximate surface area is 162 Å². The molecule has 1 N–H and O–H groups in total. The Kier molecular flexibility index (Phi) is 5.05. The van der Waals surface area contributed by atoms with E-state index in [1.807, 2.05) is 24.4 Å². The summed E-state index contributed by atoms with van der Waals surface area (Å²) in [7, 11) is 0. The van der Waals surface area contributed by atoms with E-state index in [1.165, 1.54) is 17.7 Å². The zero-order valence-electron chi connectivity index (χ0n) is 15.3. The molecule has 0 saturated heterocycles. The number of hydrogen-bond donors (Lipinski definition) is 1. The van der Waals surface area contributed by atoms with Crippen molar-refractivity contribution in [1.82, 2.24) is 24.7 Å². The van der Waals surface area contributed by atoms with Gasteiger partial charge in [0.15, 0.2) is 0 Å². The standard InChI is InChI=1S/C21H19FN6/c1-15(12-16-6-9-23-10-7-16)26-21-24-11-8-20(27-21)17-13-25-28(14-17)19-4-2-18(22)3-5-19/h2-11,13-15H,12H2,1H3,(H,24,26,27)/t15-/m0/s1. The van der Waals surface area contributed by atoms with Gasteiger partial charge in [0, 0.05) is 36.4 Å². The number of nitrogens with one attached hydrogen (secondary N) is 1. The Bertz CT molecular complexity index is 1050. The summed E-state index contributed by atoms with van der Waals surface area (Å²) in [6.45, 7) is 2.09. The van der Waals surface area contributed by atoms with E-state index in [0.717, 1.165) is 23.4 Å². The Morgan fingerprint density at radius 2 is 1.82 bits per heavy atom. The van der Waals surface area contributed by atoms with Crippen LogP contribution < -0.4 is 5.32 Å². The highest BCUT2D eigenvalue weighted by molar-refractivity contribution is 5.58. The Balaban J connectivity index is 1.48. The van der Waals surface area contributed by atoms with Crippen molar-refractivity contribution in [2.24, 2.45) is 0 Å². The first kappa shape index (κ1) is 17.8. The molecule has 6 nitrogen and oxygen atoms in total. The molecule has 1 aromatic carbocycles. The lowest BCUT2D eigenvalue weighted by Crippen LogP contribution is -2.19. The summed E-state index contributed by atoms with van der Waals surface area (Å²) in [6, 6.07) is 12.2. The first-order valence-corrected chi connectivity index (χ1v) is 8.97. The highest BCUT2D eigenvalue weighted by Gasteiger charge is 2.09. The van der Waals surface area contributed by atoms with E-state index in [2.05, 4.69) is 32.3 Å². The van der Waals surface area contributed by atoms with Crippen molar-refractivity contribution in [3.8, 4) is 16.9 Å². The van der Waals surface area contributed by atoms with Gasteiger partial charge in [0.1, 0.15) is 5.82 Å². The zero-order chi connectivity index (χ0) is 19.3. The normalized spacial score (nSPS) is 11.9. The van der Waals surface area contributed by atoms with Crippen LogP contribution in [-0.2, 0) is 6.42 Å². The number of nitrogens with zero attached hydrogens (tertiary/aromatic N) is 5. The molecule has 1 atom stereocenters. The van der Waals surface area contributed by atoms with Gasteiger partial charge < -0.3 is 5.32 Å². The highest BCUT2D eigenvalue weighted by Crippen LogP contribution is 2.19. The second-order valence-electron chi connectivity index (χ2n) is 6.52. The van der Waals surface area contributed by atoms with Crippen LogP contribution in [0, 0.1) is 5.82 Å². The molecule has 7 heteroatoms. The van der Waals surface area contributed by atoms with E-state index in [1.54, 1.807) is 41.6 Å². The van der Waals surface area contributed by atoms with Crippen molar-refractivity contribution in [3.63, 3.8) is 0 Å².